The monoisotopic (exact) mass is 256 g/mol. The van der Waals surface area contributed by atoms with Crippen LogP contribution in [0.1, 0.15) is 12.1 Å². The maximum Gasteiger partial charge on any atom is 0.227 e. The molecule has 0 atom stereocenters. The van der Waals surface area contributed by atoms with E-state index in [-0.39, 0.29) is 11.7 Å². The van der Waals surface area contributed by atoms with Crippen LogP contribution in [0.25, 0.3) is 0 Å². The van der Waals surface area contributed by atoms with E-state index in [1.807, 2.05) is 18.2 Å². The highest BCUT2D eigenvalue weighted by Crippen LogP contribution is 2.18. The molecule has 0 spiro atoms. The third kappa shape index (κ3) is 3.55. The Morgan fingerprint density at radius 3 is 2.58 bits per heavy atom. The largest absolute Gasteiger partial charge is 0.508 e. The highest BCUT2D eigenvalue weighted by Gasteiger charge is 2.11. The molecule has 0 unspecified atom stereocenters. The maximum atomic E-state index is 12.0. The molecule has 1 amide bonds. The average molecular weight is 256 g/mol. The Morgan fingerprint density at radius 1 is 1.21 bits per heavy atom. The van der Waals surface area contributed by atoms with Gasteiger partial charge in [0.2, 0.25) is 5.91 Å². The summed E-state index contributed by atoms with van der Waals surface area (Å²) in [4.78, 5) is 17.8. The van der Waals surface area contributed by atoms with E-state index in [1.54, 1.807) is 42.4 Å². The van der Waals surface area contributed by atoms with E-state index >= 15 is 0 Å². The quantitative estimate of drug-likeness (QED) is 0.913. The van der Waals surface area contributed by atoms with Crippen LogP contribution in [-0.4, -0.2) is 23.0 Å². The lowest BCUT2D eigenvalue weighted by Gasteiger charge is -2.17. The molecule has 0 aliphatic rings. The number of carbonyl (C=O) groups is 1. The van der Waals surface area contributed by atoms with Crippen molar-refractivity contribution in [2.45, 2.75) is 12.8 Å². The zero-order chi connectivity index (χ0) is 13.7. The van der Waals surface area contributed by atoms with Crippen molar-refractivity contribution in [3.05, 3.63) is 54.4 Å². The summed E-state index contributed by atoms with van der Waals surface area (Å²) in [6.07, 6.45) is 2.76. The van der Waals surface area contributed by atoms with E-state index in [4.69, 9.17) is 0 Å². The van der Waals surface area contributed by atoms with Crippen molar-refractivity contribution in [2.24, 2.45) is 0 Å². The summed E-state index contributed by atoms with van der Waals surface area (Å²) in [5.74, 6) is 0.217. The molecule has 0 aliphatic heterocycles. The van der Waals surface area contributed by atoms with Crippen molar-refractivity contribution in [1.82, 2.24) is 4.98 Å². The fraction of sp³-hybridized carbons (Fsp3) is 0.200. The molecule has 0 bridgehead atoms. The van der Waals surface area contributed by atoms with Gasteiger partial charge in [-0.05, 0) is 42.8 Å². The second kappa shape index (κ2) is 6.00. The number of phenols is 1. The van der Waals surface area contributed by atoms with E-state index in [0.717, 1.165) is 11.4 Å². The Kier molecular flexibility index (Phi) is 4.13. The van der Waals surface area contributed by atoms with E-state index in [0.29, 0.717) is 12.8 Å². The van der Waals surface area contributed by atoms with Crippen LogP contribution in [0.2, 0.25) is 0 Å². The fourth-order valence-corrected chi connectivity index (χ4v) is 1.77. The summed E-state index contributed by atoms with van der Waals surface area (Å²) in [6.45, 7) is 0. The van der Waals surface area contributed by atoms with Gasteiger partial charge in [0.15, 0.2) is 0 Å². The highest BCUT2D eigenvalue weighted by molar-refractivity contribution is 5.92. The highest BCUT2D eigenvalue weighted by atomic mass is 16.3. The number of hydrogen-bond acceptors (Lipinski definition) is 3. The molecule has 0 saturated heterocycles. The van der Waals surface area contributed by atoms with Gasteiger partial charge in [0.05, 0.1) is 0 Å². The first-order valence-electron chi connectivity index (χ1n) is 6.12. The van der Waals surface area contributed by atoms with Crippen LogP contribution in [-0.2, 0) is 11.2 Å². The normalized spacial score (nSPS) is 10.2. The Morgan fingerprint density at radius 2 is 1.95 bits per heavy atom. The molecule has 0 saturated carbocycles. The number of phenolic OH excluding ortho intramolecular Hbond substituents is 1. The molecule has 0 radical (unpaired) electrons. The number of aromatic nitrogens is 1. The van der Waals surface area contributed by atoms with Crippen LogP contribution in [0.3, 0.4) is 0 Å². The number of carbonyl (C=O) groups excluding carboxylic acids is 1. The van der Waals surface area contributed by atoms with E-state index in [9.17, 15) is 9.90 Å². The van der Waals surface area contributed by atoms with Gasteiger partial charge in [0.25, 0.3) is 0 Å². The number of aryl methyl sites for hydroxylation is 1. The molecule has 2 rings (SSSR count). The lowest BCUT2D eigenvalue weighted by atomic mass is 10.2. The summed E-state index contributed by atoms with van der Waals surface area (Å²) in [7, 11) is 1.73. The van der Waals surface area contributed by atoms with Crippen LogP contribution in [0, 0.1) is 0 Å². The van der Waals surface area contributed by atoms with Crippen molar-refractivity contribution in [3.63, 3.8) is 0 Å². The first-order valence-corrected chi connectivity index (χ1v) is 6.12. The van der Waals surface area contributed by atoms with Gasteiger partial charge in [0.1, 0.15) is 5.75 Å². The molecule has 1 N–H and O–H groups in total. The van der Waals surface area contributed by atoms with Crippen molar-refractivity contribution in [2.75, 3.05) is 11.9 Å². The molecule has 2 aromatic rings. The molecule has 19 heavy (non-hydrogen) atoms. The number of nitrogens with zero attached hydrogens (tertiary/aromatic N) is 2. The molecular formula is C15H16N2O2. The standard InChI is InChI=1S/C15H16N2O2/c1-17(13-6-8-14(18)9-7-13)15(19)10-5-12-4-2-3-11-16-12/h2-4,6-9,11,18H,5,10H2,1H3. The molecular weight excluding hydrogens is 240 g/mol. The number of amides is 1. The molecule has 98 valence electrons. The lowest BCUT2D eigenvalue weighted by molar-refractivity contribution is -0.118. The number of aromatic hydroxyl groups is 1. The van der Waals surface area contributed by atoms with Gasteiger partial charge in [-0.1, -0.05) is 6.07 Å². The molecule has 1 aromatic heterocycles. The first-order chi connectivity index (χ1) is 9.16. The van der Waals surface area contributed by atoms with Crippen LogP contribution < -0.4 is 4.90 Å². The minimum absolute atomic E-state index is 0.0244. The Hall–Kier alpha value is -2.36. The second-order valence-corrected chi connectivity index (χ2v) is 4.29. The van der Waals surface area contributed by atoms with Crippen LogP contribution in [0.15, 0.2) is 48.7 Å². The zero-order valence-corrected chi connectivity index (χ0v) is 10.8. The van der Waals surface area contributed by atoms with Crippen molar-refractivity contribution < 1.29 is 9.90 Å². The third-order valence-corrected chi connectivity index (χ3v) is 2.93. The number of anilines is 1. The minimum Gasteiger partial charge on any atom is -0.508 e. The second-order valence-electron chi connectivity index (χ2n) is 4.29. The SMILES string of the molecule is CN(C(=O)CCc1ccccn1)c1ccc(O)cc1. The third-order valence-electron chi connectivity index (χ3n) is 2.93. The fourth-order valence-electron chi connectivity index (χ4n) is 1.77. The Labute approximate surface area is 112 Å². The molecule has 4 nitrogen and oxygen atoms in total. The van der Waals surface area contributed by atoms with Gasteiger partial charge >= 0.3 is 0 Å². The number of hydrogen-bond donors (Lipinski definition) is 1. The predicted molar refractivity (Wildman–Crippen MR) is 74.1 cm³/mol. The summed E-state index contributed by atoms with van der Waals surface area (Å²) >= 11 is 0. The van der Waals surface area contributed by atoms with Crippen LogP contribution in [0.5, 0.6) is 5.75 Å². The zero-order valence-electron chi connectivity index (χ0n) is 10.8. The van der Waals surface area contributed by atoms with Gasteiger partial charge in [-0.25, -0.2) is 0 Å². The van der Waals surface area contributed by atoms with E-state index in [1.165, 1.54) is 0 Å². The summed E-state index contributed by atoms with van der Waals surface area (Å²) < 4.78 is 0. The smallest absolute Gasteiger partial charge is 0.227 e. The Balaban J connectivity index is 1.94. The van der Waals surface area contributed by atoms with E-state index < -0.39 is 0 Å². The minimum atomic E-state index is 0.0244. The predicted octanol–water partition coefficient (Wildman–Crippen LogP) is 2.38. The molecule has 0 aliphatic carbocycles. The van der Waals surface area contributed by atoms with Crippen molar-refractivity contribution in [1.29, 1.82) is 0 Å². The Bertz CT molecular complexity index is 538. The van der Waals surface area contributed by atoms with Gasteiger partial charge in [-0.3, -0.25) is 9.78 Å². The number of pyridine rings is 1. The lowest BCUT2D eigenvalue weighted by Crippen LogP contribution is -2.26. The maximum absolute atomic E-state index is 12.0. The van der Waals surface area contributed by atoms with Crippen LogP contribution in [0.4, 0.5) is 5.69 Å². The first kappa shape index (κ1) is 13.1. The van der Waals surface area contributed by atoms with Crippen molar-refractivity contribution >= 4 is 11.6 Å². The molecule has 0 fully saturated rings. The van der Waals surface area contributed by atoms with Crippen molar-refractivity contribution in [3.8, 4) is 5.75 Å². The van der Waals surface area contributed by atoms with Crippen LogP contribution >= 0.6 is 0 Å². The van der Waals surface area contributed by atoms with E-state index in [2.05, 4.69) is 4.98 Å². The topological polar surface area (TPSA) is 53.4 Å². The van der Waals surface area contributed by atoms with Gasteiger partial charge in [-0.2, -0.15) is 0 Å². The number of rotatable bonds is 4. The molecule has 4 heteroatoms. The van der Waals surface area contributed by atoms with Gasteiger partial charge in [0, 0.05) is 31.0 Å². The molecule has 1 heterocycles. The molecule has 1 aromatic carbocycles. The summed E-state index contributed by atoms with van der Waals surface area (Å²) in [5, 5.41) is 9.22. The average Bonchev–Trinajstić information content (AvgIpc) is 2.46. The van der Waals surface area contributed by atoms with Gasteiger partial charge in [-0.15, -0.1) is 0 Å². The van der Waals surface area contributed by atoms with Gasteiger partial charge < -0.3 is 10.0 Å². The number of benzene rings is 1. The summed E-state index contributed by atoms with van der Waals surface area (Å²) in [5.41, 5.74) is 1.68. The summed E-state index contributed by atoms with van der Waals surface area (Å²) in [6, 6.07) is 12.2.